The largest absolute Gasteiger partial charge is 0.393 e. The summed E-state index contributed by atoms with van der Waals surface area (Å²) in [7, 11) is -3.45. The van der Waals surface area contributed by atoms with Crippen LogP contribution in [-0.2, 0) is 10.0 Å². The Hall–Kier alpha value is -0.950. The van der Waals surface area contributed by atoms with Crippen molar-refractivity contribution in [3.63, 3.8) is 0 Å². The van der Waals surface area contributed by atoms with E-state index in [1.54, 1.807) is 31.2 Å². The van der Waals surface area contributed by atoms with Crippen LogP contribution in [0.4, 0.5) is 0 Å². The van der Waals surface area contributed by atoms with Crippen molar-refractivity contribution in [2.45, 2.75) is 56.6 Å². The van der Waals surface area contributed by atoms with E-state index in [1.165, 1.54) is 0 Å². The summed E-state index contributed by atoms with van der Waals surface area (Å²) >= 11 is 0. The van der Waals surface area contributed by atoms with E-state index in [9.17, 15) is 13.5 Å². The summed E-state index contributed by atoms with van der Waals surface area (Å²) in [6.45, 7) is 3.89. The predicted molar refractivity (Wildman–Crippen MR) is 82.5 cm³/mol. The molecule has 0 aliphatic rings. The molecule has 0 aromatic heterocycles. The van der Waals surface area contributed by atoms with Gasteiger partial charge in [0.2, 0.25) is 10.0 Å². The predicted octanol–water partition coefficient (Wildman–Crippen LogP) is 1.58. The van der Waals surface area contributed by atoms with Gasteiger partial charge in [-0.3, -0.25) is 0 Å². The molecule has 0 unspecified atom stereocenters. The summed E-state index contributed by atoms with van der Waals surface area (Å²) in [6, 6.07) is 6.70. The van der Waals surface area contributed by atoms with Crippen LogP contribution in [0.3, 0.4) is 0 Å². The van der Waals surface area contributed by atoms with Crippen LogP contribution in [0.25, 0.3) is 0 Å². The number of aliphatic hydroxyl groups excluding tert-OH is 2. The average molecular weight is 315 g/mol. The molecule has 5 nitrogen and oxygen atoms in total. The minimum absolute atomic E-state index is 0.266. The van der Waals surface area contributed by atoms with Crippen LogP contribution >= 0.6 is 0 Å². The number of aliphatic hydroxyl groups is 2. The zero-order valence-corrected chi connectivity index (χ0v) is 13.4. The third-order valence-corrected chi connectivity index (χ3v) is 4.68. The standard InChI is InChI=1S/C15H25NO4S/c1-12-6-8-15(9-7-12)21(19,20)16-10-4-3-5-14(18)11-13(2)17/h6-9,13-14,16-18H,3-5,10-11H2,1-2H3/t13-,14+/m0/s1. The molecule has 0 aliphatic carbocycles. The zero-order chi connectivity index (χ0) is 15.9. The van der Waals surface area contributed by atoms with E-state index in [0.717, 1.165) is 5.56 Å². The average Bonchev–Trinajstić information content (AvgIpc) is 2.37. The van der Waals surface area contributed by atoms with E-state index >= 15 is 0 Å². The molecule has 0 bridgehead atoms. The highest BCUT2D eigenvalue weighted by Gasteiger charge is 2.13. The number of nitrogens with one attached hydrogen (secondary N) is 1. The Kier molecular flexibility index (Phi) is 7.31. The number of rotatable bonds is 9. The normalized spacial score (nSPS) is 14.9. The molecule has 1 aromatic rings. The molecule has 3 N–H and O–H groups in total. The van der Waals surface area contributed by atoms with E-state index in [-0.39, 0.29) is 4.90 Å². The Morgan fingerprint density at radius 2 is 1.76 bits per heavy atom. The quantitative estimate of drug-likeness (QED) is 0.604. The maximum absolute atomic E-state index is 12.0. The van der Waals surface area contributed by atoms with Gasteiger partial charge in [-0.25, -0.2) is 13.1 Å². The Bertz CT molecular complexity index is 511. The van der Waals surface area contributed by atoms with Crippen molar-refractivity contribution in [2.75, 3.05) is 6.54 Å². The Balaban J connectivity index is 2.30. The van der Waals surface area contributed by atoms with Crippen LogP contribution in [-0.4, -0.2) is 37.4 Å². The van der Waals surface area contributed by atoms with Gasteiger partial charge in [-0.1, -0.05) is 17.7 Å². The van der Waals surface area contributed by atoms with Gasteiger partial charge in [0.25, 0.3) is 0 Å². The van der Waals surface area contributed by atoms with Gasteiger partial charge >= 0.3 is 0 Å². The second kappa shape index (κ2) is 8.48. The van der Waals surface area contributed by atoms with Crippen LogP contribution in [0, 0.1) is 6.92 Å². The number of benzene rings is 1. The lowest BCUT2D eigenvalue weighted by atomic mass is 10.1. The zero-order valence-electron chi connectivity index (χ0n) is 12.6. The molecular weight excluding hydrogens is 290 g/mol. The molecular formula is C15H25NO4S. The van der Waals surface area contributed by atoms with E-state index in [1.807, 2.05) is 6.92 Å². The molecule has 2 atom stereocenters. The monoisotopic (exact) mass is 315 g/mol. The third-order valence-electron chi connectivity index (χ3n) is 3.20. The van der Waals surface area contributed by atoms with E-state index in [0.29, 0.717) is 32.2 Å². The molecule has 0 heterocycles. The number of sulfonamides is 1. The molecule has 0 radical (unpaired) electrons. The maximum atomic E-state index is 12.0. The van der Waals surface area contributed by atoms with Crippen molar-refractivity contribution in [3.8, 4) is 0 Å². The second-order valence-corrected chi connectivity index (χ2v) is 7.21. The number of aryl methyl sites for hydroxylation is 1. The third kappa shape index (κ3) is 7.04. The summed E-state index contributed by atoms with van der Waals surface area (Å²) in [5.41, 5.74) is 1.01. The Morgan fingerprint density at radius 1 is 1.14 bits per heavy atom. The molecule has 1 aromatic carbocycles. The van der Waals surface area contributed by atoms with Crippen molar-refractivity contribution in [3.05, 3.63) is 29.8 Å². The Morgan fingerprint density at radius 3 is 2.33 bits per heavy atom. The lowest BCUT2D eigenvalue weighted by Crippen LogP contribution is -2.25. The van der Waals surface area contributed by atoms with Crippen LogP contribution in [0.15, 0.2) is 29.2 Å². The summed E-state index contributed by atoms with van der Waals surface area (Å²) in [5.74, 6) is 0. The molecule has 0 aliphatic heterocycles. The van der Waals surface area contributed by atoms with Gasteiger partial charge in [-0.15, -0.1) is 0 Å². The Labute approximate surface area is 127 Å². The van der Waals surface area contributed by atoms with Gasteiger partial charge in [0, 0.05) is 6.54 Å². The fourth-order valence-corrected chi connectivity index (χ4v) is 3.10. The highest BCUT2D eigenvalue weighted by atomic mass is 32.2. The minimum Gasteiger partial charge on any atom is -0.393 e. The molecule has 0 saturated carbocycles. The SMILES string of the molecule is Cc1ccc(S(=O)(=O)NCCCC[C@@H](O)C[C@H](C)O)cc1. The van der Waals surface area contributed by atoms with Gasteiger partial charge < -0.3 is 10.2 Å². The summed E-state index contributed by atoms with van der Waals surface area (Å²) in [4.78, 5) is 0.266. The van der Waals surface area contributed by atoms with Crippen LogP contribution < -0.4 is 4.72 Å². The molecule has 0 fully saturated rings. The smallest absolute Gasteiger partial charge is 0.240 e. The highest BCUT2D eigenvalue weighted by molar-refractivity contribution is 7.89. The lowest BCUT2D eigenvalue weighted by molar-refractivity contribution is 0.0836. The lowest BCUT2D eigenvalue weighted by Gasteiger charge is -2.12. The van der Waals surface area contributed by atoms with Crippen molar-refractivity contribution < 1.29 is 18.6 Å². The molecule has 21 heavy (non-hydrogen) atoms. The number of unbranched alkanes of at least 4 members (excludes halogenated alkanes) is 1. The summed E-state index contributed by atoms with van der Waals surface area (Å²) in [5, 5.41) is 18.7. The van der Waals surface area contributed by atoms with Gasteiger partial charge in [0.05, 0.1) is 17.1 Å². The topological polar surface area (TPSA) is 86.6 Å². The first-order valence-electron chi connectivity index (χ1n) is 7.23. The molecule has 0 spiro atoms. The van der Waals surface area contributed by atoms with Gasteiger partial charge in [0.1, 0.15) is 0 Å². The first-order valence-corrected chi connectivity index (χ1v) is 8.72. The first-order chi connectivity index (χ1) is 9.81. The van der Waals surface area contributed by atoms with Crippen molar-refractivity contribution in [2.24, 2.45) is 0 Å². The van der Waals surface area contributed by atoms with Gasteiger partial charge in [-0.2, -0.15) is 0 Å². The van der Waals surface area contributed by atoms with E-state index in [2.05, 4.69) is 4.72 Å². The van der Waals surface area contributed by atoms with Crippen molar-refractivity contribution >= 4 is 10.0 Å². The fraction of sp³-hybridized carbons (Fsp3) is 0.600. The summed E-state index contributed by atoms with van der Waals surface area (Å²) in [6.07, 6.45) is 1.25. The van der Waals surface area contributed by atoms with Gasteiger partial charge in [-0.05, 0) is 51.7 Å². The number of hydrogen-bond donors (Lipinski definition) is 3. The second-order valence-electron chi connectivity index (χ2n) is 5.45. The highest BCUT2D eigenvalue weighted by Crippen LogP contribution is 2.10. The van der Waals surface area contributed by atoms with Crippen LogP contribution in [0.2, 0.25) is 0 Å². The van der Waals surface area contributed by atoms with Crippen molar-refractivity contribution in [1.29, 1.82) is 0 Å². The molecule has 120 valence electrons. The fourth-order valence-electron chi connectivity index (χ4n) is 2.02. The molecule has 0 amide bonds. The van der Waals surface area contributed by atoms with E-state index < -0.39 is 22.2 Å². The van der Waals surface area contributed by atoms with Crippen molar-refractivity contribution in [1.82, 2.24) is 4.72 Å². The van der Waals surface area contributed by atoms with Crippen LogP contribution in [0.5, 0.6) is 0 Å². The van der Waals surface area contributed by atoms with Crippen LogP contribution in [0.1, 0.15) is 38.2 Å². The van der Waals surface area contributed by atoms with E-state index in [4.69, 9.17) is 5.11 Å². The van der Waals surface area contributed by atoms with Gasteiger partial charge in [0.15, 0.2) is 0 Å². The maximum Gasteiger partial charge on any atom is 0.240 e. The summed E-state index contributed by atoms with van der Waals surface area (Å²) < 4.78 is 26.5. The molecule has 0 saturated heterocycles. The first kappa shape index (κ1) is 18.1. The minimum atomic E-state index is -3.45. The number of hydrogen-bond acceptors (Lipinski definition) is 4. The molecule has 6 heteroatoms. The molecule has 1 rings (SSSR count).